The van der Waals surface area contributed by atoms with Crippen molar-refractivity contribution in [2.45, 2.75) is 25.2 Å². The molecular weight excluding hydrogens is 465 g/mol. The van der Waals surface area contributed by atoms with Gasteiger partial charge in [-0.1, -0.05) is 47.5 Å². The highest BCUT2D eigenvalue weighted by atomic mass is 35.5. The molecular formula is C25H23Cl2NO5. The van der Waals surface area contributed by atoms with Crippen molar-refractivity contribution < 1.29 is 23.7 Å². The average molecular weight is 488 g/mol. The monoisotopic (exact) mass is 487 g/mol. The van der Waals surface area contributed by atoms with Crippen LogP contribution in [0.3, 0.4) is 0 Å². The second kappa shape index (κ2) is 10.3. The number of esters is 1. The van der Waals surface area contributed by atoms with Crippen LogP contribution in [0.2, 0.25) is 10.0 Å². The topological polar surface area (TPSA) is 80.0 Å². The molecule has 2 unspecified atom stereocenters. The Morgan fingerprint density at radius 3 is 2.52 bits per heavy atom. The second-order valence-electron chi connectivity index (χ2n) is 7.64. The van der Waals surface area contributed by atoms with E-state index in [4.69, 9.17) is 43.1 Å². The molecule has 0 fully saturated rings. The Balaban J connectivity index is 1.36. The van der Waals surface area contributed by atoms with E-state index < -0.39 is 12.0 Å². The highest BCUT2D eigenvalue weighted by Gasteiger charge is 2.24. The molecule has 0 aliphatic carbocycles. The van der Waals surface area contributed by atoms with Crippen molar-refractivity contribution in [3.05, 3.63) is 87.4 Å². The molecule has 1 aliphatic heterocycles. The van der Waals surface area contributed by atoms with Gasteiger partial charge in [0.15, 0.2) is 17.6 Å². The summed E-state index contributed by atoms with van der Waals surface area (Å²) >= 11 is 12.0. The summed E-state index contributed by atoms with van der Waals surface area (Å²) in [4.78, 5) is 11.5. The first-order valence-corrected chi connectivity index (χ1v) is 11.1. The van der Waals surface area contributed by atoms with Crippen LogP contribution in [-0.2, 0) is 22.6 Å². The molecule has 4 rings (SSSR count). The van der Waals surface area contributed by atoms with Crippen LogP contribution >= 0.6 is 23.2 Å². The molecule has 0 radical (unpaired) electrons. The van der Waals surface area contributed by atoms with Crippen molar-refractivity contribution in [1.29, 1.82) is 0 Å². The van der Waals surface area contributed by atoms with Crippen LogP contribution in [0, 0.1) is 0 Å². The minimum absolute atomic E-state index is 0.246. The zero-order chi connectivity index (χ0) is 23.4. The molecule has 172 valence electrons. The van der Waals surface area contributed by atoms with Gasteiger partial charge < -0.3 is 24.7 Å². The van der Waals surface area contributed by atoms with E-state index in [1.54, 1.807) is 12.1 Å². The van der Waals surface area contributed by atoms with Crippen molar-refractivity contribution in [3.8, 4) is 17.2 Å². The lowest BCUT2D eigenvalue weighted by molar-refractivity contribution is -0.142. The number of benzene rings is 3. The normalized spacial score (nSPS) is 15.6. The molecule has 3 aromatic carbocycles. The lowest BCUT2D eigenvalue weighted by atomic mass is 10.0. The molecule has 0 saturated heterocycles. The van der Waals surface area contributed by atoms with Gasteiger partial charge in [0, 0.05) is 0 Å². The largest absolute Gasteiger partial charge is 0.489 e. The minimum Gasteiger partial charge on any atom is -0.489 e. The van der Waals surface area contributed by atoms with Crippen LogP contribution in [0.1, 0.15) is 22.8 Å². The number of carbonyl (C=O) groups excluding carboxylic acids is 1. The summed E-state index contributed by atoms with van der Waals surface area (Å²) in [5, 5.41) is 1.02. The standard InChI is InChI=1S/C25H23Cl2NO5/c1-30-25(29)21(28)11-15-3-9-22-23(12-15)32-14-24(33-22)17-4-6-18(7-5-17)31-13-16-2-8-19(26)20(27)10-16/h2-10,12,21,24H,11,13-14,28H2,1H3. The van der Waals surface area contributed by atoms with Gasteiger partial charge in [-0.2, -0.15) is 0 Å². The van der Waals surface area contributed by atoms with Crippen molar-refractivity contribution >= 4 is 29.2 Å². The van der Waals surface area contributed by atoms with E-state index in [9.17, 15) is 4.79 Å². The third-order valence-corrected chi connectivity index (χ3v) is 6.01. The van der Waals surface area contributed by atoms with Crippen molar-refractivity contribution in [1.82, 2.24) is 0 Å². The number of nitrogens with two attached hydrogens (primary N) is 1. The van der Waals surface area contributed by atoms with Crippen molar-refractivity contribution in [2.75, 3.05) is 13.7 Å². The summed E-state index contributed by atoms with van der Waals surface area (Å²) in [6, 6.07) is 17.9. The number of methoxy groups -OCH3 is 1. The molecule has 2 atom stereocenters. The van der Waals surface area contributed by atoms with E-state index in [0.29, 0.717) is 41.2 Å². The first-order chi connectivity index (χ1) is 15.9. The van der Waals surface area contributed by atoms with Crippen molar-refractivity contribution in [3.63, 3.8) is 0 Å². The predicted molar refractivity (Wildman–Crippen MR) is 126 cm³/mol. The number of ether oxygens (including phenoxy) is 4. The van der Waals surface area contributed by atoms with Gasteiger partial charge in [-0.15, -0.1) is 0 Å². The van der Waals surface area contributed by atoms with Gasteiger partial charge in [0.1, 0.15) is 25.0 Å². The molecule has 1 aliphatic rings. The predicted octanol–water partition coefficient (Wildman–Crippen LogP) is 5.13. The molecule has 1 heterocycles. The lowest BCUT2D eigenvalue weighted by Crippen LogP contribution is -2.33. The van der Waals surface area contributed by atoms with Gasteiger partial charge in [-0.05, 0) is 59.5 Å². The fraction of sp³-hybridized carbons (Fsp3) is 0.240. The number of fused-ring (bicyclic) bond motifs is 1. The summed E-state index contributed by atoms with van der Waals surface area (Å²) in [5.74, 6) is 1.55. The number of hydrogen-bond donors (Lipinski definition) is 1. The first-order valence-electron chi connectivity index (χ1n) is 10.4. The van der Waals surface area contributed by atoms with Gasteiger partial charge in [-0.25, -0.2) is 0 Å². The summed E-state index contributed by atoms with van der Waals surface area (Å²) in [5.41, 5.74) is 8.62. The van der Waals surface area contributed by atoms with Crippen LogP contribution < -0.4 is 19.9 Å². The van der Waals surface area contributed by atoms with Crippen LogP contribution in [0.4, 0.5) is 0 Å². The molecule has 0 saturated carbocycles. The van der Waals surface area contributed by atoms with Gasteiger partial charge in [0.25, 0.3) is 0 Å². The Kier molecular flexibility index (Phi) is 7.28. The summed E-state index contributed by atoms with van der Waals surface area (Å²) in [6.45, 7) is 0.748. The maximum Gasteiger partial charge on any atom is 0.322 e. The highest BCUT2D eigenvalue weighted by Crippen LogP contribution is 2.37. The highest BCUT2D eigenvalue weighted by molar-refractivity contribution is 6.42. The zero-order valence-corrected chi connectivity index (χ0v) is 19.4. The maximum absolute atomic E-state index is 11.5. The van der Waals surface area contributed by atoms with E-state index in [0.717, 1.165) is 22.4 Å². The number of rotatable bonds is 7. The molecule has 0 bridgehead atoms. The fourth-order valence-corrected chi connectivity index (χ4v) is 3.79. The molecule has 0 amide bonds. The summed E-state index contributed by atoms with van der Waals surface area (Å²) in [7, 11) is 1.32. The Labute approximate surface area is 202 Å². The maximum atomic E-state index is 11.5. The third-order valence-electron chi connectivity index (χ3n) is 5.27. The van der Waals surface area contributed by atoms with Gasteiger partial charge in [0.05, 0.1) is 17.2 Å². The van der Waals surface area contributed by atoms with Gasteiger partial charge in [-0.3, -0.25) is 4.79 Å². The molecule has 33 heavy (non-hydrogen) atoms. The Morgan fingerprint density at radius 1 is 1.03 bits per heavy atom. The Hall–Kier alpha value is -2.93. The smallest absolute Gasteiger partial charge is 0.322 e. The lowest BCUT2D eigenvalue weighted by Gasteiger charge is -2.27. The fourth-order valence-electron chi connectivity index (χ4n) is 3.47. The average Bonchev–Trinajstić information content (AvgIpc) is 2.84. The first kappa shape index (κ1) is 23.2. The Bertz CT molecular complexity index is 1140. The molecule has 2 N–H and O–H groups in total. The van der Waals surface area contributed by atoms with E-state index in [1.165, 1.54) is 7.11 Å². The van der Waals surface area contributed by atoms with Crippen molar-refractivity contribution in [2.24, 2.45) is 5.73 Å². The van der Waals surface area contributed by atoms with E-state index >= 15 is 0 Å². The van der Waals surface area contributed by atoms with Crippen LogP contribution in [0.5, 0.6) is 17.2 Å². The molecule has 0 aromatic heterocycles. The molecule has 0 spiro atoms. The van der Waals surface area contributed by atoms with E-state index in [2.05, 4.69) is 4.74 Å². The number of hydrogen-bond acceptors (Lipinski definition) is 6. The van der Waals surface area contributed by atoms with E-state index in [-0.39, 0.29) is 6.10 Å². The molecule has 3 aromatic rings. The SMILES string of the molecule is COC(=O)C(N)Cc1ccc2c(c1)OCC(c1ccc(OCc3ccc(Cl)c(Cl)c3)cc1)O2. The van der Waals surface area contributed by atoms with Gasteiger partial charge >= 0.3 is 5.97 Å². The second-order valence-corrected chi connectivity index (χ2v) is 8.45. The number of halogens is 2. The quantitative estimate of drug-likeness (QED) is 0.465. The molecule has 6 nitrogen and oxygen atoms in total. The number of carbonyl (C=O) groups is 1. The summed E-state index contributed by atoms with van der Waals surface area (Å²) < 4.78 is 22.6. The minimum atomic E-state index is -0.720. The van der Waals surface area contributed by atoms with E-state index in [1.807, 2.05) is 48.5 Å². The third kappa shape index (κ3) is 5.71. The summed E-state index contributed by atoms with van der Waals surface area (Å²) in [6.07, 6.45) is 0.112. The Morgan fingerprint density at radius 2 is 1.79 bits per heavy atom. The van der Waals surface area contributed by atoms with Gasteiger partial charge in [0.2, 0.25) is 0 Å². The van der Waals surface area contributed by atoms with Crippen LogP contribution in [0.15, 0.2) is 60.7 Å². The van der Waals surface area contributed by atoms with Crippen LogP contribution in [-0.4, -0.2) is 25.7 Å². The molecule has 8 heteroatoms. The zero-order valence-electron chi connectivity index (χ0n) is 17.9. The van der Waals surface area contributed by atoms with Crippen LogP contribution in [0.25, 0.3) is 0 Å².